The second-order valence-corrected chi connectivity index (χ2v) is 4.79. The third kappa shape index (κ3) is 3.50. The van der Waals surface area contributed by atoms with Gasteiger partial charge >= 0.3 is 29.6 Å². The van der Waals surface area contributed by atoms with Crippen molar-refractivity contribution >= 4 is 23.2 Å². The molecule has 3 rings (SSSR count). The summed E-state index contributed by atoms with van der Waals surface area (Å²) >= 11 is 1.36. The van der Waals surface area contributed by atoms with Crippen LogP contribution in [-0.4, -0.2) is 38.6 Å². The second-order valence-electron chi connectivity index (χ2n) is 3.93. The summed E-state index contributed by atoms with van der Waals surface area (Å²) in [6, 6.07) is 7.49. The van der Waals surface area contributed by atoms with Crippen LogP contribution >= 0.6 is 11.3 Å². The number of methoxy groups -OCH3 is 1. The van der Waals surface area contributed by atoms with Crippen LogP contribution in [0.3, 0.4) is 0 Å². The number of nitrogens with one attached hydrogen (secondary N) is 2. The number of amides is 1. The maximum Gasteiger partial charge on any atom is 1.00 e. The second kappa shape index (κ2) is 7.45. The number of para-hydroxylation sites is 1. The average Bonchev–Trinajstić information content (AvgIpc) is 3.18. The van der Waals surface area contributed by atoms with Crippen molar-refractivity contribution in [2.24, 2.45) is 0 Å². The summed E-state index contributed by atoms with van der Waals surface area (Å²) in [6.07, 6.45) is 0. The first-order valence-corrected chi connectivity index (χ1v) is 6.79. The molecule has 0 fully saturated rings. The van der Waals surface area contributed by atoms with Crippen molar-refractivity contribution in [2.75, 3.05) is 12.4 Å². The molecule has 2 heterocycles. The van der Waals surface area contributed by atoms with Crippen LogP contribution in [0.2, 0.25) is 0 Å². The number of carbonyl (C=O) groups is 1. The molecule has 0 spiro atoms. The number of benzene rings is 1. The first-order chi connectivity index (χ1) is 10.3. The van der Waals surface area contributed by atoms with Crippen molar-refractivity contribution in [1.82, 2.24) is 25.6 Å². The average molecular weight is 326 g/mol. The van der Waals surface area contributed by atoms with Crippen LogP contribution in [0, 0.1) is 0 Å². The van der Waals surface area contributed by atoms with E-state index in [0.29, 0.717) is 10.8 Å². The van der Waals surface area contributed by atoms with Crippen LogP contribution in [0.4, 0.5) is 5.95 Å². The summed E-state index contributed by atoms with van der Waals surface area (Å²) in [6.45, 7) is 0. The zero-order valence-corrected chi connectivity index (χ0v) is 14.7. The van der Waals surface area contributed by atoms with E-state index in [9.17, 15) is 4.79 Å². The molecule has 1 aromatic carbocycles. The zero-order valence-electron chi connectivity index (χ0n) is 12.9. The van der Waals surface area contributed by atoms with Crippen molar-refractivity contribution in [1.29, 1.82) is 0 Å². The number of aromatic amines is 1. The van der Waals surface area contributed by atoms with E-state index in [2.05, 4.69) is 30.9 Å². The predicted octanol–water partition coefficient (Wildman–Crippen LogP) is -1.30. The van der Waals surface area contributed by atoms with E-state index in [-0.39, 0.29) is 42.6 Å². The van der Waals surface area contributed by atoms with Gasteiger partial charge in [-0.25, -0.2) is 4.98 Å². The van der Waals surface area contributed by atoms with Crippen molar-refractivity contribution in [3.8, 4) is 16.3 Å². The minimum absolute atomic E-state index is 0. The summed E-state index contributed by atoms with van der Waals surface area (Å²) in [5.41, 5.74) is 1.12. The molecule has 10 heteroatoms. The Morgan fingerprint density at radius 2 is 2.23 bits per heavy atom. The molecule has 2 N–H and O–H groups in total. The Morgan fingerprint density at radius 3 is 2.95 bits per heavy atom. The normalized spacial score (nSPS) is 9.86. The molecular weight excluding hydrogens is 315 g/mol. The number of aromatic nitrogens is 5. The Balaban J connectivity index is 0.00000132. The fraction of sp³-hybridized carbons (Fsp3) is 0.0833. The van der Waals surface area contributed by atoms with Gasteiger partial charge in [0.1, 0.15) is 16.5 Å². The van der Waals surface area contributed by atoms with E-state index in [0.717, 1.165) is 5.56 Å². The topological polar surface area (TPSA) is 106 Å². The minimum Gasteiger partial charge on any atom is -1.00 e. The van der Waals surface area contributed by atoms with Crippen LogP contribution in [0.1, 0.15) is 11.9 Å². The smallest absolute Gasteiger partial charge is 1.00 e. The molecular formula is C12H11N6NaO2S. The molecule has 0 aliphatic carbocycles. The number of rotatable bonds is 4. The monoisotopic (exact) mass is 326 g/mol. The van der Waals surface area contributed by atoms with Gasteiger partial charge in [-0.05, 0) is 17.3 Å². The minimum atomic E-state index is -0.395. The van der Waals surface area contributed by atoms with Gasteiger partial charge < -0.3 is 6.16 Å². The van der Waals surface area contributed by atoms with Gasteiger partial charge in [0.25, 0.3) is 11.9 Å². The SMILES string of the molecule is COc1ccccc1-c1nc(C(=O)Nc2nn[nH]n2)cs1.[H-].[Na+]. The Morgan fingerprint density at radius 1 is 1.41 bits per heavy atom. The zero-order chi connectivity index (χ0) is 14.7. The maximum atomic E-state index is 12.0. The van der Waals surface area contributed by atoms with Crippen LogP contribution in [0.5, 0.6) is 5.75 Å². The van der Waals surface area contributed by atoms with E-state index in [4.69, 9.17) is 4.74 Å². The number of thiazole rings is 1. The van der Waals surface area contributed by atoms with Crippen LogP contribution < -0.4 is 39.6 Å². The number of carbonyl (C=O) groups excluding carboxylic acids is 1. The largest absolute Gasteiger partial charge is 1.00 e. The summed E-state index contributed by atoms with van der Waals surface area (Å²) in [5, 5.41) is 17.8. The predicted molar refractivity (Wildman–Crippen MR) is 77.3 cm³/mol. The fourth-order valence-electron chi connectivity index (χ4n) is 1.70. The quantitative estimate of drug-likeness (QED) is 0.577. The summed E-state index contributed by atoms with van der Waals surface area (Å²) < 4.78 is 5.29. The fourth-order valence-corrected chi connectivity index (χ4v) is 2.53. The number of anilines is 1. The molecule has 3 aromatic rings. The van der Waals surface area contributed by atoms with Gasteiger partial charge in [-0.3, -0.25) is 10.1 Å². The van der Waals surface area contributed by atoms with Crippen LogP contribution in [-0.2, 0) is 0 Å². The Kier molecular flexibility index (Phi) is 5.61. The summed E-state index contributed by atoms with van der Waals surface area (Å²) in [4.78, 5) is 16.3. The molecule has 0 saturated heterocycles. The third-order valence-electron chi connectivity index (χ3n) is 2.64. The number of H-pyrrole nitrogens is 1. The van der Waals surface area contributed by atoms with Gasteiger partial charge in [0, 0.05) is 5.38 Å². The number of hydrogen-bond donors (Lipinski definition) is 2. The molecule has 1 amide bonds. The molecule has 0 bridgehead atoms. The van der Waals surface area contributed by atoms with Crippen molar-refractivity contribution in [2.45, 2.75) is 0 Å². The van der Waals surface area contributed by atoms with Gasteiger partial charge in [-0.1, -0.05) is 17.2 Å². The van der Waals surface area contributed by atoms with Gasteiger partial charge in [-0.2, -0.15) is 5.21 Å². The van der Waals surface area contributed by atoms with Crippen molar-refractivity contribution in [3.05, 3.63) is 35.3 Å². The molecule has 0 atom stereocenters. The molecule has 0 radical (unpaired) electrons. The summed E-state index contributed by atoms with van der Waals surface area (Å²) in [7, 11) is 1.59. The maximum absolute atomic E-state index is 12.0. The van der Waals surface area contributed by atoms with E-state index >= 15 is 0 Å². The third-order valence-corrected chi connectivity index (χ3v) is 3.52. The van der Waals surface area contributed by atoms with Crippen LogP contribution in [0.15, 0.2) is 29.6 Å². The van der Waals surface area contributed by atoms with Gasteiger partial charge in [0.15, 0.2) is 0 Å². The first kappa shape index (κ1) is 16.6. The van der Waals surface area contributed by atoms with Crippen molar-refractivity contribution < 1.29 is 40.5 Å². The standard InChI is InChI=1S/C12H10N6O2S.Na.H/c1-20-9-5-3-2-4-7(9)11-13-8(6-21-11)10(19)14-12-15-17-18-16-12;;/h2-6H,1H3,(H2,14,15,16,17,18,19);;/q;+1;-1. The first-order valence-electron chi connectivity index (χ1n) is 5.91. The molecule has 0 unspecified atom stereocenters. The van der Waals surface area contributed by atoms with E-state index in [1.54, 1.807) is 12.5 Å². The van der Waals surface area contributed by atoms with Gasteiger partial charge in [-0.15, -0.1) is 16.4 Å². The number of tetrazole rings is 1. The molecule has 0 aliphatic rings. The Bertz CT molecular complexity index is 767. The van der Waals surface area contributed by atoms with E-state index in [1.807, 2.05) is 24.3 Å². The van der Waals surface area contributed by atoms with Crippen LogP contribution in [0.25, 0.3) is 10.6 Å². The number of hydrogen-bond acceptors (Lipinski definition) is 7. The molecule has 2 aromatic heterocycles. The van der Waals surface area contributed by atoms with E-state index in [1.165, 1.54) is 11.3 Å². The Hall–Kier alpha value is -1.81. The number of nitrogens with zero attached hydrogens (tertiary/aromatic N) is 4. The van der Waals surface area contributed by atoms with Crippen molar-refractivity contribution in [3.63, 3.8) is 0 Å². The molecule has 108 valence electrons. The van der Waals surface area contributed by atoms with Gasteiger partial charge in [0.05, 0.1) is 12.7 Å². The molecule has 22 heavy (non-hydrogen) atoms. The Labute approximate surface area is 153 Å². The van der Waals surface area contributed by atoms with Gasteiger partial charge in [0.2, 0.25) is 0 Å². The summed E-state index contributed by atoms with van der Waals surface area (Å²) in [5.74, 6) is 0.414. The van der Waals surface area contributed by atoms with E-state index < -0.39 is 5.91 Å². The molecule has 8 nitrogen and oxygen atoms in total. The molecule has 0 aliphatic heterocycles. The molecule has 0 saturated carbocycles. The number of ether oxygens (including phenoxy) is 1.